The molecule has 15 heavy (non-hydrogen) atoms. The molecule has 0 aliphatic carbocycles. The summed E-state index contributed by atoms with van der Waals surface area (Å²) in [5.41, 5.74) is 3.23. The van der Waals surface area contributed by atoms with Crippen molar-refractivity contribution in [2.75, 3.05) is 18.5 Å². The van der Waals surface area contributed by atoms with Gasteiger partial charge in [-0.3, -0.25) is 4.98 Å². The van der Waals surface area contributed by atoms with E-state index in [2.05, 4.69) is 23.0 Å². The highest BCUT2D eigenvalue weighted by atomic mass is 16.1. The fourth-order valence-corrected chi connectivity index (χ4v) is 1.97. The standard InChI is InChI=1S/C12H16N2O/c1-9(8-15)10-5-6-12-11(13-10)4-3-7-14(12)2/h5-6,8-9H,3-4,7H2,1-2H3. The van der Waals surface area contributed by atoms with Crippen molar-refractivity contribution in [1.29, 1.82) is 0 Å². The molecule has 0 spiro atoms. The number of aryl methyl sites for hydroxylation is 1. The Morgan fingerprint density at radius 3 is 3.07 bits per heavy atom. The Bertz CT molecular complexity index is 376. The summed E-state index contributed by atoms with van der Waals surface area (Å²) in [4.78, 5) is 17.5. The molecule has 3 heteroatoms. The molecule has 1 atom stereocenters. The fraction of sp³-hybridized carbons (Fsp3) is 0.500. The van der Waals surface area contributed by atoms with Gasteiger partial charge >= 0.3 is 0 Å². The van der Waals surface area contributed by atoms with E-state index < -0.39 is 0 Å². The van der Waals surface area contributed by atoms with E-state index in [4.69, 9.17) is 0 Å². The van der Waals surface area contributed by atoms with Crippen LogP contribution >= 0.6 is 0 Å². The number of aldehydes is 1. The van der Waals surface area contributed by atoms with Gasteiger partial charge in [0.2, 0.25) is 0 Å². The average Bonchev–Trinajstić information content (AvgIpc) is 2.28. The van der Waals surface area contributed by atoms with E-state index >= 15 is 0 Å². The second-order valence-electron chi connectivity index (χ2n) is 4.15. The van der Waals surface area contributed by atoms with Crippen LogP contribution in [-0.2, 0) is 11.2 Å². The van der Waals surface area contributed by atoms with Gasteiger partial charge in [0.1, 0.15) is 6.29 Å². The quantitative estimate of drug-likeness (QED) is 0.688. The number of anilines is 1. The number of carbonyl (C=O) groups is 1. The predicted octanol–water partition coefficient (Wildman–Crippen LogP) is 1.77. The summed E-state index contributed by atoms with van der Waals surface area (Å²) in [6.07, 6.45) is 3.12. The number of pyridine rings is 1. The second-order valence-corrected chi connectivity index (χ2v) is 4.15. The molecule has 0 radical (unpaired) electrons. The maximum atomic E-state index is 10.7. The highest BCUT2D eigenvalue weighted by Crippen LogP contribution is 2.25. The SMILES string of the molecule is CC(C=O)c1ccc2c(n1)CCCN2C. The van der Waals surface area contributed by atoms with E-state index in [0.717, 1.165) is 37.1 Å². The number of carbonyl (C=O) groups excluding carboxylic acids is 1. The first-order valence-corrected chi connectivity index (χ1v) is 5.38. The minimum atomic E-state index is -0.0949. The largest absolute Gasteiger partial charge is 0.373 e. The number of nitrogens with zero attached hydrogens (tertiary/aromatic N) is 2. The molecule has 3 nitrogen and oxygen atoms in total. The average molecular weight is 204 g/mol. The zero-order valence-electron chi connectivity index (χ0n) is 9.23. The lowest BCUT2D eigenvalue weighted by Gasteiger charge is -2.27. The van der Waals surface area contributed by atoms with Gasteiger partial charge in [-0.15, -0.1) is 0 Å². The van der Waals surface area contributed by atoms with E-state index in [0.29, 0.717) is 0 Å². The van der Waals surface area contributed by atoms with Crippen LogP contribution in [0.2, 0.25) is 0 Å². The third-order valence-corrected chi connectivity index (χ3v) is 2.96. The van der Waals surface area contributed by atoms with Gasteiger partial charge in [-0.2, -0.15) is 0 Å². The molecule has 1 aliphatic rings. The normalized spacial score (nSPS) is 17.1. The molecule has 1 aliphatic heterocycles. The molecule has 0 aromatic carbocycles. The summed E-state index contributed by atoms with van der Waals surface area (Å²) >= 11 is 0. The first kappa shape index (κ1) is 10.1. The van der Waals surface area contributed by atoms with Crippen LogP contribution in [0.25, 0.3) is 0 Å². The van der Waals surface area contributed by atoms with Crippen molar-refractivity contribution in [2.24, 2.45) is 0 Å². The first-order valence-electron chi connectivity index (χ1n) is 5.38. The van der Waals surface area contributed by atoms with Gasteiger partial charge in [0.15, 0.2) is 0 Å². The number of rotatable bonds is 2. The third kappa shape index (κ3) is 1.87. The van der Waals surface area contributed by atoms with Crippen molar-refractivity contribution in [1.82, 2.24) is 4.98 Å². The first-order chi connectivity index (χ1) is 7.22. The van der Waals surface area contributed by atoms with Crippen molar-refractivity contribution < 1.29 is 4.79 Å². The monoisotopic (exact) mass is 204 g/mol. The van der Waals surface area contributed by atoms with Gasteiger partial charge in [-0.1, -0.05) is 6.92 Å². The summed E-state index contributed by atoms with van der Waals surface area (Å²) in [7, 11) is 2.09. The lowest BCUT2D eigenvalue weighted by Crippen LogP contribution is -2.25. The molecular weight excluding hydrogens is 188 g/mol. The summed E-state index contributed by atoms with van der Waals surface area (Å²) in [5.74, 6) is -0.0949. The Kier molecular flexibility index (Phi) is 2.71. The van der Waals surface area contributed by atoms with Crippen molar-refractivity contribution in [2.45, 2.75) is 25.7 Å². The van der Waals surface area contributed by atoms with E-state index in [1.54, 1.807) is 0 Å². The molecule has 1 aromatic heterocycles. The maximum Gasteiger partial charge on any atom is 0.128 e. The molecule has 1 aromatic rings. The minimum absolute atomic E-state index is 0.0949. The number of hydrogen-bond donors (Lipinski definition) is 0. The van der Waals surface area contributed by atoms with Crippen LogP contribution in [0.15, 0.2) is 12.1 Å². The number of fused-ring (bicyclic) bond motifs is 1. The predicted molar refractivity (Wildman–Crippen MR) is 60.3 cm³/mol. The third-order valence-electron chi connectivity index (χ3n) is 2.96. The van der Waals surface area contributed by atoms with Crippen LogP contribution in [0.4, 0.5) is 5.69 Å². The fourth-order valence-electron chi connectivity index (χ4n) is 1.97. The Hall–Kier alpha value is -1.38. The van der Waals surface area contributed by atoms with Gasteiger partial charge in [0, 0.05) is 13.6 Å². The Labute approximate surface area is 90.1 Å². The summed E-state index contributed by atoms with van der Waals surface area (Å²) in [5, 5.41) is 0. The van der Waals surface area contributed by atoms with Crippen LogP contribution in [0.5, 0.6) is 0 Å². The number of aromatic nitrogens is 1. The van der Waals surface area contributed by atoms with Crippen LogP contribution in [-0.4, -0.2) is 24.9 Å². The smallest absolute Gasteiger partial charge is 0.128 e. The second kappa shape index (κ2) is 4.01. The highest BCUT2D eigenvalue weighted by Gasteiger charge is 2.16. The molecule has 80 valence electrons. The highest BCUT2D eigenvalue weighted by molar-refractivity contribution is 5.61. The van der Waals surface area contributed by atoms with Crippen molar-refractivity contribution in [3.63, 3.8) is 0 Å². The van der Waals surface area contributed by atoms with Crippen molar-refractivity contribution in [3.8, 4) is 0 Å². The summed E-state index contributed by atoms with van der Waals surface area (Å²) < 4.78 is 0. The van der Waals surface area contributed by atoms with E-state index in [1.807, 2.05) is 13.0 Å². The summed E-state index contributed by atoms with van der Waals surface area (Å²) in [6, 6.07) is 4.04. The van der Waals surface area contributed by atoms with E-state index in [1.165, 1.54) is 5.69 Å². The van der Waals surface area contributed by atoms with Gasteiger partial charge < -0.3 is 9.69 Å². The van der Waals surface area contributed by atoms with E-state index in [9.17, 15) is 4.79 Å². The molecule has 0 bridgehead atoms. The Morgan fingerprint density at radius 1 is 1.53 bits per heavy atom. The Balaban J connectivity index is 2.37. The van der Waals surface area contributed by atoms with Gasteiger partial charge in [-0.25, -0.2) is 0 Å². The summed E-state index contributed by atoms with van der Waals surface area (Å²) in [6.45, 7) is 2.98. The van der Waals surface area contributed by atoms with Crippen molar-refractivity contribution in [3.05, 3.63) is 23.5 Å². The molecule has 2 heterocycles. The van der Waals surface area contributed by atoms with E-state index in [-0.39, 0.29) is 5.92 Å². The molecule has 0 fully saturated rings. The van der Waals surface area contributed by atoms with Gasteiger partial charge in [0.05, 0.1) is 23.0 Å². The number of hydrogen-bond acceptors (Lipinski definition) is 3. The molecule has 1 unspecified atom stereocenters. The molecule has 0 saturated heterocycles. The topological polar surface area (TPSA) is 33.2 Å². The van der Waals surface area contributed by atoms with Gasteiger partial charge in [0.25, 0.3) is 0 Å². The molecule has 2 rings (SSSR count). The molecule has 0 saturated carbocycles. The minimum Gasteiger partial charge on any atom is -0.373 e. The zero-order valence-corrected chi connectivity index (χ0v) is 9.23. The van der Waals surface area contributed by atoms with Gasteiger partial charge in [-0.05, 0) is 25.0 Å². The van der Waals surface area contributed by atoms with Crippen LogP contribution in [0.1, 0.15) is 30.7 Å². The Morgan fingerprint density at radius 2 is 2.33 bits per heavy atom. The van der Waals surface area contributed by atoms with Crippen LogP contribution in [0, 0.1) is 0 Å². The molecular formula is C12H16N2O. The van der Waals surface area contributed by atoms with Crippen molar-refractivity contribution >= 4 is 12.0 Å². The lowest BCUT2D eigenvalue weighted by molar-refractivity contribution is -0.108. The van der Waals surface area contributed by atoms with Crippen LogP contribution in [0.3, 0.4) is 0 Å². The molecule has 0 amide bonds. The maximum absolute atomic E-state index is 10.7. The van der Waals surface area contributed by atoms with Crippen LogP contribution < -0.4 is 4.90 Å². The zero-order chi connectivity index (χ0) is 10.8. The molecule has 0 N–H and O–H groups in total. The lowest BCUT2D eigenvalue weighted by atomic mass is 10.0.